The summed E-state index contributed by atoms with van der Waals surface area (Å²) in [7, 11) is 0. The lowest BCUT2D eigenvalue weighted by Crippen LogP contribution is -2.45. The molecule has 0 aliphatic carbocycles. The van der Waals surface area contributed by atoms with Crippen molar-refractivity contribution in [1.82, 2.24) is 25.8 Å². The Bertz CT molecular complexity index is 342. The van der Waals surface area contributed by atoms with Gasteiger partial charge in [-0.3, -0.25) is 9.89 Å². The third kappa shape index (κ3) is 2.53. The summed E-state index contributed by atoms with van der Waals surface area (Å²) in [5, 5.41) is 12.6. The molecule has 6 heteroatoms. The van der Waals surface area contributed by atoms with Gasteiger partial charge in [0.2, 0.25) is 5.82 Å². The van der Waals surface area contributed by atoms with E-state index < -0.39 is 0 Å². The standard InChI is InChI=1S/C9H15N5O/c1-6-11-8(14-13-6)9(15)12-7-3-2-4-10-5-7/h7,10H,2-5H2,1H3,(H,12,15)(H,11,13,14)/t7-/m1/s1. The predicted octanol–water partition coefficient (Wildman–Crippen LogP) is -0.405. The maximum atomic E-state index is 11.6. The molecule has 0 saturated carbocycles. The summed E-state index contributed by atoms with van der Waals surface area (Å²) in [6.45, 7) is 3.63. The third-order valence-electron chi connectivity index (χ3n) is 2.43. The highest BCUT2D eigenvalue weighted by Gasteiger charge is 2.18. The van der Waals surface area contributed by atoms with Crippen molar-refractivity contribution in [2.24, 2.45) is 0 Å². The Balaban J connectivity index is 1.91. The van der Waals surface area contributed by atoms with Gasteiger partial charge in [0.15, 0.2) is 0 Å². The first-order valence-electron chi connectivity index (χ1n) is 5.16. The Morgan fingerprint density at radius 2 is 2.47 bits per heavy atom. The summed E-state index contributed by atoms with van der Waals surface area (Å²) in [6.07, 6.45) is 2.11. The molecule has 1 saturated heterocycles. The number of piperidine rings is 1. The molecule has 2 heterocycles. The predicted molar refractivity (Wildman–Crippen MR) is 54.5 cm³/mol. The molecular formula is C9H15N5O. The van der Waals surface area contributed by atoms with Crippen LogP contribution in [0.4, 0.5) is 0 Å². The van der Waals surface area contributed by atoms with E-state index in [1.54, 1.807) is 6.92 Å². The number of hydrogen-bond acceptors (Lipinski definition) is 4. The van der Waals surface area contributed by atoms with E-state index in [4.69, 9.17) is 0 Å². The lowest BCUT2D eigenvalue weighted by Gasteiger charge is -2.23. The second kappa shape index (κ2) is 4.39. The van der Waals surface area contributed by atoms with Gasteiger partial charge in [-0.15, -0.1) is 5.10 Å². The molecule has 1 aliphatic heterocycles. The molecule has 1 atom stereocenters. The van der Waals surface area contributed by atoms with E-state index in [-0.39, 0.29) is 17.8 Å². The van der Waals surface area contributed by atoms with Crippen molar-refractivity contribution in [3.63, 3.8) is 0 Å². The number of hydrogen-bond donors (Lipinski definition) is 3. The van der Waals surface area contributed by atoms with Gasteiger partial charge in [-0.25, -0.2) is 4.98 Å². The van der Waals surface area contributed by atoms with Gasteiger partial charge in [-0.2, -0.15) is 0 Å². The number of carbonyl (C=O) groups is 1. The van der Waals surface area contributed by atoms with E-state index in [9.17, 15) is 4.79 Å². The van der Waals surface area contributed by atoms with Crippen LogP contribution in [0, 0.1) is 6.92 Å². The van der Waals surface area contributed by atoms with Crippen LogP contribution in [0.15, 0.2) is 0 Å². The van der Waals surface area contributed by atoms with E-state index in [1.165, 1.54) is 0 Å². The average Bonchev–Trinajstić information content (AvgIpc) is 2.66. The molecule has 1 aromatic heterocycles. The lowest BCUT2D eigenvalue weighted by molar-refractivity contribution is 0.0920. The van der Waals surface area contributed by atoms with Crippen LogP contribution in [0.1, 0.15) is 29.3 Å². The maximum Gasteiger partial charge on any atom is 0.291 e. The van der Waals surface area contributed by atoms with Crippen molar-refractivity contribution >= 4 is 5.91 Å². The quantitative estimate of drug-likeness (QED) is 0.618. The second-order valence-electron chi connectivity index (χ2n) is 3.76. The Morgan fingerprint density at radius 1 is 1.60 bits per heavy atom. The molecule has 1 amide bonds. The van der Waals surface area contributed by atoms with E-state index in [1.807, 2.05) is 0 Å². The molecule has 1 aromatic rings. The molecule has 0 radical (unpaired) electrons. The highest BCUT2D eigenvalue weighted by atomic mass is 16.2. The molecule has 0 spiro atoms. The van der Waals surface area contributed by atoms with Gasteiger partial charge in [0.05, 0.1) is 0 Å². The SMILES string of the molecule is Cc1nc(C(=O)N[C@@H]2CCCNC2)n[nH]1. The smallest absolute Gasteiger partial charge is 0.291 e. The molecule has 6 nitrogen and oxygen atoms in total. The normalized spacial score (nSPS) is 21.3. The molecule has 0 aromatic carbocycles. The third-order valence-corrected chi connectivity index (χ3v) is 2.43. The van der Waals surface area contributed by atoms with Crippen molar-refractivity contribution in [2.75, 3.05) is 13.1 Å². The Morgan fingerprint density at radius 3 is 3.07 bits per heavy atom. The van der Waals surface area contributed by atoms with Crippen LogP contribution in [-0.2, 0) is 0 Å². The van der Waals surface area contributed by atoms with E-state index in [0.717, 1.165) is 25.9 Å². The fourth-order valence-electron chi connectivity index (χ4n) is 1.67. The molecule has 2 rings (SSSR count). The van der Waals surface area contributed by atoms with Crippen LogP contribution in [-0.4, -0.2) is 40.2 Å². The Hall–Kier alpha value is -1.43. The number of nitrogens with zero attached hydrogens (tertiary/aromatic N) is 2. The van der Waals surface area contributed by atoms with Crippen LogP contribution in [0.2, 0.25) is 0 Å². The number of nitrogens with one attached hydrogen (secondary N) is 3. The first-order valence-corrected chi connectivity index (χ1v) is 5.16. The summed E-state index contributed by atoms with van der Waals surface area (Å²) in [5.41, 5.74) is 0. The molecular weight excluding hydrogens is 194 g/mol. The Labute approximate surface area is 87.9 Å². The van der Waals surface area contributed by atoms with Crippen LogP contribution < -0.4 is 10.6 Å². The zero-order valence-electron chi connectivity index (χ0n) is 8.71. The highest BCUT2D eigenvalue weighted by molar-refractivity contribution is 5.90. The van der Waals surface area contributed by atoms with Crippen molar-refractivity contribution in [1.29, 1.82) is 0 Å². The summed E-state index contributed by atoms with van der Waals surface area (Å²) >= 11 is 0. The topological polar surface area (TPSA) is 82.7 Å². The van der Waals surface area contributed by atoms with Gasteiger partial charge in [0.25, 0.3) is 5.91 Å². The minimum Gasteiger partial charge on any atom is -0.345 e. The molecule has 15 heavy (non-hydrogen) atoms. The van der Waals surface area contributed by atoms with Gasteiger partial charge >= 0.3 is 0 Å². The van der Waals surface area contributed by atoms with Crippen molar-refractivity contribution in [3.05, 3.63) is 11.6 Å². The fraction of sp³-hybridized carbons (Fsp3) is 0.667. The van der Waals surface area contributed by atoms with Crippen molar-refractivity contribution < 1.29 is 4.79 Å². The van der Waals surface area contributed by atoms with Gasteiger partial charge in [0.1, 0.15) is 5.82 Å². The van der Waals surface area contributed by atoms with Crippen LogP contribution >= 0.6 is 0 Å². The molecule has 82 valence electrons. The summed E-state index contributed by atoms with van der Waals surface area (Å²) in [6, 6.07) is 0.199. The maximum absolute atomic E-state index is 11.6. The minimum atomic E-state index is -0.201. The summed E-state index contributed by atoms with van der Waals surface area (Å²) < 4.78 is 0. The van der Waals surface area contributed by atoms with Crippen LogP contribution in [0.5, 0.6) is 0 Å². The number of aromatic nitrogens is 3. The number of amides is 1. The van der Waals surface area contributed by atoms with E-state index >= 15 is 0 Å². The summed E-state index contributed by atoms with van der Waals surface area (Å²) in [5.74, 6) is 0.674. The van der Waals surface area contributed by atoms with Gasteiger partial charge in [-0.1, -0.05) is 0 Å². The Kier molecular flexibility index (Phi) is 2.96. The zero-order chi connectivity index (χ0) is 10.7. The first-order chi connectivity index (χ1) is 7.25. The van der Waals surface area contributed by atoms with Crippen molar-refractivity contribution in [3.8, 4) is 0 Å². The molecule has 1 fully saturated rings. The molecule has 0 bridgehead atoms. The number of aryl methyl sites for hydroxylation is 1. The summed E-state index contributed by atoms with van der Waals surface area (Å²) in [4.78, 5) is 15.6. The van der Waals surface area contributed by atoms with E-state index in [2.05, 4.69) is 25.8 Å². The van der Waals surface area contributed by atoms with E-state index in [0.29, 0.717) is 5.82 Å². The first kappa shape index (κ1) is 10.1. The molecule has 0 unspecified atom stereocenters. The number of carbonyl (C=O) groups excluding carboxylic acids is 1. The number of rotatable bonds is 2. The second-order valence-corrected chi connectivity index (χ2v) is 3.76. The van der Waals surface area contributed by atoms with Crippen LogP contribution in [0.25, 0.3) is 0 Å². The highest BCUT2D eigenvalue weighted by Crippen LogP contribution is 2.02. The van der Waals surface area contributed by atoms with Gasteiger partial charge in [-0.05, 0) is 26.3 Å². The molecule has 3 N–H and O–H groups in total. The van der Waals surface area contributed by atoms with Crippen molar-refractivity contribution in [2.45, 2.75) is 25.8 Å². The molecule has 1 aliphatic rings. The monoisotopic (exact) mass is 209 g/mol. The van der Waals surface area contributed by atoms with Crippen LogP contribution in [0.3, 0.4) is 0 Å². The lowest BCUT2D eigenvalue weighted by atomic mass is 10.1. The number of H-pyrrole nitrogens is 1. The minimum absolute atomic E-state index is 0.199. The van der Waals surface area contributed by atoms with Gasteiger partial charge < -0.3 is 10.6 Å². The van der Waals surface area contributed by atoms with Gasteiger partial charge in [0, 0.05) is 12.6 Å². The number of aromatic amines is 1. The zero-order valence-corrected chi connectivity index (χ0v) is 8.71. The largest absolute Gasteiger partial charge is 0.345 e. The fourth-order valence-corrected chi connectivity index (χ4v) is 1.67. The average molecular weight is 209 g/mol.